The van der Waals surface area contributed by atoms with Crippen LogP contribution in [0.25, 0.3) is 0 Å². The molecule has 1 aromatic rings. The lowest BCUT2D eigenvalue weighted by molar-refractivity contribution is -0.127. The second-order valence-corrected chi connectivity index (χ2v) is 4.71. The van der Waals surface area contributed by atoms with Crippen LogP contribution in [-0.2, 0) is 4.79 Å². The van der Waals surface area contributed by atoms with Crippen molar-refractivity contribution in [1.29, 1.82) is 0 Å². The number of ether oxygens (including phenoxy) is 1. The Hall–Kier alpha value is -1.53. The van der Waals surface area contributed by atoms with E-state index in [0.717, 1.165) is 5.56 Å². The smallest absolute Gasteiger partial charge is 0.279 e. The lowest BCUT2D eigenvalue weighted by Gasteiger charge is -2.17. The van der Waals surface area contributed by atoms with Crippen LogP contribution >= 0.6 is 23.8 Å². The van der Waals surface area contributed by atoms with Crippen molar-refractivity contribution in [1.82, 2.24) is 16.2 Å². The van der Waals surface area contributed by atoms with Gasteiger partial charge in [0.05, 0.1) is 0 Å². The third-order valence-electron chi connectivity index (χ3n) is 2.34. The summed E-state index contributed by atoms with van der Waals surface area (Å²) in [5, 5.41) is 3.62. The Bertz CT molecular complexity index is 482. The molecule has 1 aromatic carbocycles. The minimum Gasteiger partial charge on any atom is -0.481 e. The van der Waals surface area contributed by atoms with Crippen LogP contribution in [0.4, 0.5) is 0 Å². The fraction of sp³-hybridized carbons (Fsp3) is 0.333. The largest absolute Gasteiger partial charge is 0.481 e. The molecule has 0 radical (unpaired) electrons. The third-order valence-corrected chi connectivity index (χ3v) is 2.88. The quantitative estimate of drug-likeness (QED) is 0.584. The average Bonchev–Trinajstić information content (AvgIpc) is 2.38. The summed E-state index contributed by atoms with van der Waals surface area (Å²) < 4.78 is 5.55. The zero-order valence-corrected chi connectivity index (χ0v) is 12.5. The molecule has 3 N–H and O–H groups in total. The molecule has 0 bridgehead atoms. The molecule has 0 spiro atoms. The van der Waals surface area contributed by atoms with Gasteiger partial charge >= 0.3 is 0 Å². The Balaban J connectivity index is 2.56. The molecule has 0 saturated carbocycles. The molecule has 0 fully saturated rings. The maximum Gasteiger partial charge on any atom is 0.279 e. The van der Waals surface area contributed by atoms with E-state index in [9.17, 15) is 4.79 Å². The van der Waals surface area contributed by atoms with E-state index in [1.165, 1.54) is 0 Å². The minimum absolute atomic E-state index is 0.322. The van der Waals surface area contributed by atoms with Crippen LogP contribution in [0.5, 0.6) is 5.75 Å². The number of rotatable bonds is 3. The number of thiocarbonyl (C=S) groups is 1. The van der Waals surface area contributed by atoms with Crippen molar-refractivity contribution in [2.45, 2.75) is 20.0 Å². The molecule has 0 saturated heterocycles. The number of hydrogen-bond acceptors (Lipinski definition) is 3. The van der Waals surface area contributed by atoms with Gasteiger partial charge in [0, 0.05) is 12.1 Å². The second kappa shape index (κ2) is 7.16. The highest BCUT2D eigenvalue weighted by atomic mass is 35.5. The predicted octanol–water partition coefficient (Wildman–Crippen LogP) is 1.54. The van der Waals surface area contributed by atoms with Gasteiger partial charge in [-0.05, 0) is 49.8 Å². The Morgan fingerprint density at radius 2 is 2.11 bits per heavy atom. The maximum absolute atomic E-state index is 11.7. The molecule has 1 amide bonds. The number of nitrogens with one attached hydrogen (secondary N) is 3. The zero-order chi connectivity index (χ0) is 14.4. The molecule has 0 heterocycles. The van der Waals surface area contributed by atoms with Crippen molar-refractivity contribution < 1.29 is 9.53 Å². The van der Waals surface area contributed by atoms with Crippen LogP contribution in [0.2, 0.25) is 5.02 Å². The SMILES string of the molecule is CNC(=S)NNC(=O)C(C)Oc1ccc(Cl)cc1C. The molecule has 0 aliphatic carbocycles. The van der Waals surface area contributed by atoms with Crippen molar-refractivity contribution in [2.75, 3.05) is 7.05 Å². The summed E-state index contributed by atoms with van der Waals surface area (Å²) in [7, 11) is 1.65. The molecular weight excluding hydrogens is 286 g/mol. The highest BCUT2D eigenvalue weighted by Crippen LogP contribution is 2.22. The van der Waals surface area contributed by atoms with Crippen LogP contribution in [0.3, 0.4) is 0 Å². The van der Waals surface area contributed by atoms with Gasteiger partial charge in [0.1, 0.15) is 5.75 Å². The molecule has 1 unspecified atom stereocenters. The van der Waals surface area contributed by atoms with Crippen LogP contribution < -0.4 is 20.9 Å². The van der Waals surface area contributed by atoms with Crippen LogP contribution in [-0.4, -0.2) is 24.2 Å². The molecule has 1 atom stereocenters. The fourth-order valence-electron chi connectivity index (χ4n) is 1.27. The first-order valence-corrected chi connectivity index (χ1v) is 6.43. The first-order chi connectivity index (χ1) is 8.93. The fourth-order valence-corrected chi connectivity index (χ4v) is 1.55. The van der Waals surface area contributed by atoms with Gasteiger partial charge in [0.2, 0.25) is 0 Å². The highest BCUT2D eigenvalue weighted by molar-refractivity contribution is 7.80. The molecule has 104 valence electrons. The molecule has 0 aromatic heterocycles. The molecule has 1 rings (SSSR count). The predicted molar refractivity (Wildman–Crippen MR) is 79.2 cm³/mol. The van der Waals surface area contributed by atoms with E-state index < -0.39 is 6.10 Å². The molecular formula is C12H16ClN3O2S. The molecule has 19 heavy (non-hydrogen) atoms. The molecule has 5 nitrogen and oxygen atoms in total. The van der Waals surface area contributed by atoms with Crippen molar-refractivity contribution in [2.24, 2.45) is 0 Å². The normalized spacial score (nSPS) is 11.4. The maximum atomic E-state index is 11.7. The van der Waals surface area contributed by atoms with Gasteiger partial charge in [-0.1, -0.05) is 11.6 Å². The van der Waals surface area contributed by atoms with Gasteiger partial charge in [-0.25, -0.2) is 0 Å². The number of aryl methyl sites for hydroxylation is 1. The van der Waals surface area contributed by atoms with E-state index in [4.69, 9.17) is 28.6 Å². The van der Waals surface area contributed by atoms with E-state index in [-0.39, 0.29) is 5.91 Å². The number of amides is 1. The zero-order valence-electron chi connectivity index (χ0n) is 10.9. The number of hydrazine groups is 1. The van der Waals surface area contributed by atoms with E-state index in [1.54, 1.807) is 32.2 Å². The standard InChI is InChI=1S/C12H16ClN3O2S/c1-7-6-9(13)4-5-10(7)18-8(2)11(17)15-16-12(19)14-3/h4-6,8H,1-3H3,(H,15,17)(H2,14,16,19). The van der Waals surface area contributed by atoms with E-state index in [2.05, 4.69) is 16.2 Å². The summed E-state index contributed by atoms with van der Waals surface area (Å²) in [5.41, 5.74) is 5.85. The van der Waals surface area contributed by atoms with E-state index >= 15 is 0 Å². The molecule has 0 aliphatic rings. The number of halogens is 1. The van der Waals surface area contributed by atoms with Gasteiger partial charge < -0.3 is 10.1 Å². The van der Waals surface area contributed by atoms with Gasteiger partial charge in [0.15, 0.2) is 11.2 Å². The van der Waals surface area contributed by atoms with Gasteiger partial charge in [0.25, 0.3) is 5.91 Å². The first-order valence-electron chi connectivity index (χ1n) is 5.64. The van der Waals surface area contributed by atoms with Crippen LogP contribution in [0, 0.1) is 6.92 Å². The summed E-state index contributed by atoms with van der Waals surface area (Å²) in [6.45, 7) is 3.51. The number of carbonyl (C=O) groups excluding carboxylic acids is 1. The monoisotopic (exact) mass is 301 g/mol. The third kappa shape index (κ3) is 4.92. The van der Waals surface area contributed by atoms with Gasteiger partial charge in [-0.3, -0.25) is 15.6 Å². The summed E-state index contributed by atoms with van der Waals surface area (Å²) >= 11 is 10.7. The van der Waals surface area contributed by atoms with Crippen molar-refractivity contribution in [3.8, 4) is 5.75 Å². The second-order valence-electron chi connectivity index (χ2n) is 3.86. The van der Waals surface area contributed by atoms with Crippen molar-refractivity contribution in [3.05, 3.63) is 28.8 Å². The Kier molecular flexibility index (Phi) is 5.85. The topological polar surface area (TPSA) is 62.4 Å². The Labute approximate surface area is 122 Å². The number of hydrogen-bond donors (Lipinski definition) is 3. The summed E-state index contributed by atoms with van der Waals surface area (Å²) in [4.78, 5) is 11.7. The van der Waals surface area contributed by atoms with Crippen LogP contribution in [0.15, 0.2) is 18.2 Å². The average molecular weight is 302 g/mol. The van der Waals surface area contributed by atoms with E-state index in [0.29, 0.717) is 15.9 Å². The lowest BCUT2D eigenvalue weighted by Crippen LogP contribution is -2.49. The summed E-state index contributed by atoms with van der Waals surface area (Å²) in [6, 6.07) is 5.21. The molecule has 7 heteroatoms. The van der Waals surface area contributed by atoms with Gasteiger partial charge in [-0.2, -0.15) is 0 Å². The van der Waals surface area contributed by atoms with E-state index in [1.807, 2.05) is 6.92 Å². The van der Waals surface area contributed by atoms with Gasteiger partial charge in [-0.15, -0.1) is 0 Å². The number of benzene rings is 1. The first kappa shape index (κ1) is 15.5. The van der Waals surface area contributed by atoms with Crippen molar-refractivity contribution in [3.63, 3.8) is 0 Å². The van der Waals surface area contributed by atoms with Crippen LogP contribution in [0.1, 0.15) is 12.5 Å². The summed E-state index contributed by atoms with van der Waals surface area (Å²) in [5.74, 6) is 0.287. The Morgan fingerprint density at radius 3 is 2.68 bits per heavy atom. The summed E-state index contributed by atoms with van der Waals surface area (Å²) in [6.07, 6.45) is -0.660. The van der Waals surface area contributed by atoms with Crippen molar-refractivity contribution >= 4 is 34.8 Å². The minimum atomic E-state index is -0.660. The Morgan fingerprint density at radius 1 is 1.42 bits per heavy atom. The lowest BCUT2D eigenvalue weighted by atomic mass is 10.2. The highest BCUT2D eigenvalue weighted by Gasteiger charge is 2.15. The molecule has 0 aliphatic heterocycles. The number of carbonyl (C=O) groups is 1.